The van der Waals surface area contributed by atoms with Crippen LogP contribution in [0.2, 0.25) is 0 Å². The van der Waals surface area contributed by atoms with Gasteiger partial charge in [0.2, 0.25) is 12.0 Å². The summed E-state index contributed by atoms with van der Waals surface area (Å²) in [5.74, 6) is 1.25. The van der Waals surface area contributed by atoms with Crippen LogP contribution in [0.15, 0.2) is 72.5 Å². The SMILES string of the molecule is CC.CC(C)(C)c1ccc(C(OC2=CCCC(C(=O)NCCCS(=O)O)C=C2)C(=O)Nc2ccc(OCC3CCCCC3)cc2)cc1. The highest BCUT2D eigenvalue weighted by Gasteiger charge is 2.26. The summed E-state index contributed by atoms with van der Waals surface area (Å²) in [4.78, 5) is 26.4. The van der Waals surface area contributed by atoms with E-state index >= 15 is 0 Å². The van der Waals surface area contributed by atoms with Gasteiger partial charge in [0.15, 0.2) is 11.1 Å². The molecule has 0 aliphatic heterocycles. The van der Waals surface area contributed by atoms with Gasteiger partial charge in [0.05, 0.1) is 18.3 Å². The summed E-state index contributed by atoms with van der Waals surface area (Å²) in [7, 11) is 0. The summed E-state index contributed by atoms with van der Waals surface area (Å²) in [6, 6.07) is 15.4. The van der Waals surface area contributed by atoms with Gasteiger partial charge in [-0.2, -0.15) is 0 Å². The number of carbonyl (C=O) groups excluding carboxylic acids is 2. The lowest BCUT2D eigenvalue weighted by molar-refractivity contribution is -0.125. The molecule has 9 heteroatoms. The van der Waals surface area contributed by atoms with Crippen molar-refractivity contribution < 1.29 is 27.8 Å². The van der Waals surface area contributed by atoms with Gasteiger partial charge in [-0.15, -0.1) is 0 Å². The van der Waals surface area contributed by atoms with Gasteiger partial charge in [-0.3, -0.25) is 9.59 Å². The highest BCUT2D eigenvalue weighted by atomic mass is 32.2. The Bertz CT molecular complexity index is 1340. The molecular formula is C38H54N2O6S. The fourth-order valence-corrected chi connectivity index (χ4v) is 5.99. The first-order chi connectivity index (χ1) is 22.6. The van der Waals surface area contributed by atoms with E-state index in [1.54, 1.807) is 12.2 Å². The number of carbonyl (C=O) groups is 2. The molecule has 1 fully saturated rings. The molecule has 8 nitrogen and oxygen atoms in total. The quantitative estimate of drug-likeness (QED) is 0.147. The molecule has 2 aliphatic carbocycles. The molecule has 2 amide bonds. The second-order valence-electron chi connectivity index (χ2n) is 13.0. The van der Waals surface area contributed by atoms with Crippen LogP contribution in [0.25, 0.3) is 0 Å². The van der Waals surface area contributed by atoms with Crippen molar-refractivity contribution in [3.05, 3.63) is 83.6 Å². The van der Waals surface area contributed by atoms with E-state index < -0.39 is 17.2 Å². The largest absolute Gasteiger partial charge is 0.493 e. The molecule has 3 atom stereocenters. The average molecular weight is 667 g/mol. The van der Waals surface area contributed by atoms with Crippen LogP contribution in [0.3, 0.4) is 0 Å². The summed E-state index contributed by atoms with van der Waals surface area (Å²) in [5.41, 5.74) is 2.50. The minimum Gasteiger partial charge on any atom is -0.493 e. The van der Waals surface area contributed by atoms with E-state index in [4.69, 9.17) is 14.0 Å². The van der Waals surface area contributed by atoms with Gasteiger partial charge in [0.1, 0.15) is 11.5 Å². The van der Waals surface area contributed by atoms with Crippen LogP contribution in [-0.4, -0.2) is 39.5 Å². The van der Waals surface area contributed by atoms with Gasteiger partial charge < -0.3 is 24.7 Å². The van der Waals surface area contributed by atoms with Crippen molar-refractivity contribution in [1.29, 1.82) is 0 Å². The molecule has 3 N–H and O–H groups in total. The molecule has 4 rings (SSSR count). The van der Waals surface area contributed by atoms with Gasteiger partial charge in [0.25, 0.3) is 5.91 Å². The monoisotopic (exact) mass is 666 g/mol. The molecule has 0 saturated heterocycles. The molecule has 0 bridgehead atoms. The van der Waals surface area contributed by atoms with Crippen LogP contribution < -0.4 is 15.4 Å². The summed E-state index contributed by atoms with van der Waals surface area (Å²) in [5, 5.41) is 5.85. The normalized spacial score (nSPS) is 18.0. The van der Waals surface area contributed by atoms with Crippen molar-refractivity contribution in [3.8, 4) is 5.75 Å². The summed E-state index contributed by atoms with van der Waals surface area (Å²) in [6.07, 6.45) is 12.5. The van der Waals surface area contributed by atoms with Crippen molar-refractivity contribution in [3.63, 3.8) is 0 Å². The maximum atomic E-state index is 13.7. The lowest BCUT2D eigenvalue weighted by atomic mass is 9.86. The van der Waals surface area contributed by atoms with Gasteiger partial charge in [-0.1, -0.05) is 84.2 Å². The Morgan fingerprint density at radius 2 is 1.66 bits per heavy atom. The van der Waals surface area contributed by atoms with Crippen molar-refractivity contribution in [2.24, 2.45) is 11.8 Å². The lowest BCUT2D eigenvalue weighted by Gasteiger charge is -2.23. The average Bonchev–Trinajstić information content (AvgIpc) is 3.32. The van der Waals surface area contributed by atoms with Gasteiger partial charge >= 0.3 is 0 Å². The fourth-order valence-electron chi connectivity index (χ4n) is 5.60. The summed E-state index contributed by atoms with van der Waals surface area (Å²) < 4.78 is 32.1. The fraction of sp³-hybridized carbons (Fsp3) is 0.526. The zero-order chi connectivity index (χ0) is 34.2. The van der Waals surface area contributed by atoms with Crippen molar-refractivity contribution in [2.75, 3.05) is 24.2 Å². The molecule has 2 aromatic rings. The van der Waals surface area contributed by atoms with E-state index in [1.165, 1.54) is 32.1 Å². The third-order valence-corrected chi connectivity index (χ3v) is 8.99. The van der Waals surface area contributed by atoms with E-state index in [2.05, 4.69) is 31.4 Å². The van der Waals surface area contributed by atoms with E-state index in [1.807, 2.05) is 68.5 Å². The number of hydrogen-bond donors (Lipinski definition) is 3. The number of amides is 2. The first-order valence-corrected chi connectivity index (χ1v) is 18.4. The predicted molar refractivity (Wildman–Crippen MR) is 191 cm³/mol. The first-order valence-electron chi connectivity index (χ1n) is 17.1. The Labute approximate surface area is 284 Å². The number of hydrogen-bond acceptors (Lipinski definition) is 5. The van der Waals surface area contributed by atoms with E-state index in [9.17, 15) is 13.8 Å². The van der Waals surface area contributed by atoms with Crippen LogP contribution in [0, 0.1) is 11.8 Å². The highest BCUT2D eigenvalue weighted by molar-refractivity contribution is 7.79. The molecule has 0 aromatic heterocycles. The molecule has 0 radical (unpaired) electrons. The molecule has 258 valence electrons. The summed E-state index contributed by atoms with van der Waals surface area (Å²) in [6.45, 7) is 11.5. The molecule has 47 heavy (non-hydrogen) atoms. The topological polar surface area (TPSA) is 114 Å². The van der Waals surface area contributed by atoms with Crippen molar-refractivity contribution in [1.82, 2.24) is 5.32 Å². The second-order valence-corrected chi connectivity index (χ2v) is 14.1. The van der Waals surface area contributed by atoms with Crippen LogP contribution in [-0.2, 0) is 30.8 Å². The Kier molecular flexibility index (Phi) is 15.7. The van der Waals surface area contributed by atoms with Crippen LogP contribution >= 0.6 is 0 Å². The molecule has 2 aromatic carbocycles. The molecule has 1 saturated carbocycles. The minimum absolute atomic E-state index is 0.0325. The standard InChI is InChI=1S/C36H48N2O6S.C2H6/c1-36(2,3)29-16-13-27(14-17-29)33(44-32-12-7-11-28(15-20-32)34(39)37-23-8-24-45(41)42)35(40)38-30-18-21-31(22-19-30)43-25-26-9-5-4-6-10-26;1-2/h12-22,26,28,33H,4-11,23-25H2,1-3H3,(H,37,39)(H,38,40)(H,41,42);1-2H3. The number of allylic oxidation sites excluding steroid dienone is 2. The number of ether oxygens (including phenoxy) is 2. The van der Waals surface area contributed by atoms with Crippen molar-refractivity contribution in [2.45, 2.75) is 97.5 Å². The lowest BCUT2D eigenvalue weighted by Crippen LogP contribution is -2.31. The first kappa shape index (κ1) is 38.0. The maximum absolute atomic E-state index is 13.7. The molecular weight excluding hydrogens is 612 g/mol. The molecule has 2 aliphatic rings. The number of nitrogens with one attached hydrogen (secondary N) is 2. The van der Waals surface area contributed by atoms with Crippen LogP contribution in [0.4, 0.5) is 5.69 Å². The zero-order valence-electron chi connectivity index (χ0n) is 28.8. The third kappa shape index (κ3) is 12.9. The van der Waals surface area contributed by atoms with Gasteiger partial charge in [-0.05, 0) is 85.4 Å². The Morgan fingerprint density at radius 1 is 0.979 bits per heavy atom. The van der Waals surface area contributed by atoms with Crippen molar-refractivity contribution >= 4 is 28.6 Å². The van der Waals surface area contributed by atoms with Gasteiger partial charge in [-0.25, -0.2) is 4.21 Å². The van der Waals surface area contributed by atoms with Gasteiger partial charge in [0, 0.05) is 17.8 Å². The Balaban J connectivity index is 0.00000294. The van der Waals surface area contributed by atoms with Crippen LogP contribution in [0.1, 0.15) is 103 Å². The zero-order valence-corrected chi connectivity index (χ0v) is 29.6. The third-order valence-electron chi connectivity index (χ3n) is 8.35. The van der Waals surface area contributed by atoms with Crippen LogP contribution in [0.5, 0.6) is 5.75 Å². The van der Waals surface area contributed by atoms with E-state index in [0.29, 0.717) is 43.2 Å². The highest BCUT2D eigenvalue weighted by Crippen LogP contribution is 2.30. The van der Waals surface area contributed by atoms with E-state index in [0.717, 1.165) is 23.5 Å². The smallest absolute Gasteiger partial charge is 0.270 e. The Morgan fingerprint density at radius 3 is 2.30 bits per heavy atom. The molecule has 0 heterocycles. The number of benzene rings is 2. The van der Waals surface area contributed by atoms with E-state index in [-0.39, 0.29) is 28.9 Å². The summed E-state index contributed by atoms with van der Waals surface area (Å²) >= 11 is -1.87. The minimum atomic E-state index is -1.87. The maximum Gasteiger partial charge on any atom is 0.270 e. The molecule has 0 spiro atoms. The predicted octanol–water partition coefficient (Wildman–Crippen LogP) is 8.24. The second kappa shape index (κ2) is 19.4. The molecule has 3 unspecified atom stereocenters. The number of rotatable bonds is 13. The Hall–Kier alpha value is -3.43. The number of anilines is 1.